The molecule has 0 bridgehead atoms. The van der Waals surface area contributed by atoms with Crippen molar-refractivity contribution in [3.05, 3.63) is 48.1 Å². The molecule has 1 aromatic rings. The molecule has 208 valence electrons. The van der Waals surface area contributed by atoms with Crippen LogP contribution in [0.1, 0.15) is 37.7 Å². The summed E-state index contributed by atoms with van der Waals surface area (Å²) in [5.41, 5.74) is 0.657. The molecule has 1 saturated carbocycles. The number of carbonyl (C=O) groups is 3. The van der Waals surface area contributed by atoms with Crippen molar-refractivity contribution in [3.63, 3.8) is 0 Å². The fourth-order valence-electron chi connectivity index (χ4n) is 4.54. The Morgan fingerprint density at radius 3 is 2.50 bits per heavy atom. The van der Waals surface area contributed by atoms with Gasteiger partial charge in [0.15, 0.2) is 6.29 Å². The zero-order valence-electron chi connectivity index (χ0n) is 20.8. The lowest BCUT2D eigenvalue weighted by molar-refractivity contribution is -0.301. The summed E-state index contributed by atoms with van der Waals surface area (Å²) >= 11 is 0. The first-order chi connectivity index (χ1) is 18.2. The molecule has 0 aromatic heterocycles. The number of aliphatic hydroxyl groups is 3. The second-order valence-corrected chi connectivity index (χ2v) is 9.41. The number of ketones is 1. The Hall–Kier alpha value is -3.09. The van der Waals surface area contributed by atoms with Gasteiger partial charge in [-0.25, -0.2) is 4.79 Å². The van der Waals surface area contributed by atoms with Crippen molar-refractivity contribution in [2.45, 2.75) is 62.8 Å². The smallest absolute Gasteiger partial charge is 0.330 e. The number of benzene rings is 1. The Morgan fingerprint density at radius 2 is 1.79 bits per heavy atom. The van der Waals surface area contributed by atoms with E-state index in [1.165, 1.54) is 18.2 Å². The number of aliphatic carboxylic acids is 1. The zero-order chi connectivity index (χ0) is 27.7. The standard InChI is InChI=1S/C27H34O11/c28-18-9-5-16(6-10-18)7-12-23(32)37-15-21-24(33)25(34)26(35)27(38-21)36-13-3-1-2-4-19-17(14-22(30)31)8-11-20(19)29/h1-2,5-7,9-10,12,17,19,21,24-28,33-35H,3-4,8,11,13-15H2,(H,30,31)/b2-1-,12-7+/t17?,19?,21-,24-,25+,26-,27-/m1/s1. The van der Waals surface area contributed by atoms with E-state index in [-0.39, 0.29) is 36.4 Å². The Morgan fingerprint density at radius 1 is 1.05 bits per heavy atom. The second-order valence-electron chi connectivity index (χ2n) is 9.41. The highest BCUT2D eigenvalue weighted by Crippen LogP contribution is 2.34. The number of aliphatic hydroxyl groups excluding tert-OH is 3. The predicted molar refractivity (Wildman–Crippen MR) is 133 cm³/mol. The van der Waals surface area contributed by atoms with Gasteiger partial charge in [0.1, 0.15) is 42.6 Å². The maximum Gasteiger partial charge on any atom is 0.330 e. The first-order valence-corrected chi connectivity index (χ1v) is 12.5. The molecule has 7 atom stereocenters. The number of rotatable bonds is 12. The summed E-state index contributed by atoms with van der Waals surface area (Å²) < 4.78 is 16.1. The number of allylic oxidation sites excluding steroid dienone is 1. The van der Waals surface area contributed by atoms with Crippen LogP contribution >= 0.6 is 0 Å². The molecule has 2 unspecified atom stereocenters. The molecule has 1 saturated heterocycles. The second kappa shape index (κ2) is 14.2. The van der Waals surface area contributed by atoms with Crippen LogP contribution in [0.25, 0.3) is 6.08 Å². The number of phenols is 1. The number of ether oxygens (including phenoxy) is 3. The van der Waals surface area contributed by atoms with Crippen LogP contribution < -0.4 is 0 Å². The highest BCUT2D eigenvalue weighted by Gasteiger charge is 2.44. The van der Waals surface area contributed by atoms with Crippen LogP contribution in [-0.4, -0.2) is 87.2 Å². The highest BCUT2D eigenvalue weighted by molar-refractivity contribution is 5.87. The number of carboxylic acids is 1. The molecule has 11 heteroatoms. The van der Waals surface area contributed by atoms with Crippen molar-refractivity contribution < 1.29 is 54.1 Å². The van der Waals surface area contributed by atoms with Gasteiger partial charge >= 0.3 is 11.9 Å². The molecule has 11 nitrogen and oxygen atoms in total. The first-order valence-electron chi connectivity index (χ1n) is 12.5. The SMILES string of the molecule is O=C(O)CC1CCC(=O)C1C/C=C\CCO[C@@H]1O[C@H](COC(=O)/C=C/c2ccc(O)cc2)[C@@H](O)[C@H](O)[C@H]1O. The maximum absolute atomic E-state index is 12.0. The van der Waals surface area contributed by atoms with E-state index in [9.17, 15) is 34.8 Å². The average molecular weight is 535 g/mol. The number of hydrogen-bond acceptors (Lipinski definition) is 10. The van der Waals surface area contributed by atoms with Crippen molar-refractivity contribution in [1.82, 2.24) is 0 Å². The number of esters is 1. The topological polar surface area (TPSA) is 180 Å². The van der Waals surface area contributed by atoms with E-state index >= 15 is 0 Å². The van der Waals surface area contributed by atoms with E-state index < -0.39 is 49.3 Å². The number of hydrogen-bond donors (Lipinski definition) is 5. The summed E-state index contributed by atoms with van der Waals surface area (Å²) in [5, 5.41) is 48.9. The molecule has 0 radical (unpaired) electrons. The minimum Gasteiger partial charge on any atom is -0.508 e. The summed E-state index contributed by atoms with van der Waals surface area (Å²) in [7, 11) is 0. The van der Waals surface area contributed by atoms with Gasteiger partial charge in [-0.05, 0) is 49.0 Å². The van der Waals surface area contributed by atoms with E-state index in [0.717, 1.165) is 6.08 Å². The Labute approximate surface area is 220 Å². The minimum absolute atomic E-state index is 0.0242. The molecule has 38 heavy (non-hydrogen) atoms. The Kier molecular flexibility index (Phi) is 11.0. The summed E-state index contributed by atoms with van der Waals surface area (Å²) in [6.07, 6.45) is 1.00. The van der Waals surface area contributed by atoms with Crippen LogP contribution in [0.15, 0.2) is 42.5 Å². The molecule has 1 heterocycles. The van der Waals surface area contributed by atoms with Crippen molar-refractivity contribution in [1.29, 1.82) is 0 Å². The molecule has 1 aliphatic carbocycles. The van der Waals surface area contributed by atoms with Crippen LogP contribution in [0.3, 0.4) is 0 Å². The summed E-state index contributed by atoms with van der Waals surface area (Å²) in [6.45, 7) is -0.295. The quantitative estimate of drug-likeness (QED) is 0.112. The van der Waals surface area contributed by atoms with Crippen LogP contribution in [-0.2, 0) is 28.6 Å². The van der Waals surface area contributed by atoms with Gasteiger partial charge in [0.05, 0.1) is 6.61 Å². The molecule has 0 spiro atoms. The predicted octanol–water partition coefficient (Wildman–Crippen LogP) is 1.18. The highest BCUT2D eigenvalue weighted by atomic mass is 16.7. The van der Waals surface area contributed by atoms with Crippen molar-refractivity contribution in [3.8, 4) is 5.75 Å². The van der Waals surface area contributed by atoms with Crippen LogP contribution in [0.2, 0.25) is 0 Å². The Bertz CT molecular complexity index is 1000. The third kappa shape index (κ3) is 8.47. The summed E-state index contributed by atoms with van der Waals surface area (Å²) in [4.78, 5) is 35.1. The average Bonchev–Trinajstić information content (AvgIpc) is 3.22. The lowest BCUT2D eigenvalue weighted by atomic mass is 9.89. The van der Waals surface area contributed by atoms with Gasteiger partial charge in [-0.15, -0.1) is 0 Å². The normalized spacial score (nSPS) is 29.8. The fraction of sp³-hybridized carbons (Fsp3) is 0.519. The van der Waals surface area contributed by atoms with Crippen molar-refractivity contribution in [2.75, 3.05) is 13.2 Å². The monoisotopic (exact) mass is 534 g/mol. The van der Waals surface area contributed by atoms with Gasteiger partial charge < -0.3 is 39.7 Å². The third-order valence-corrected chi connectivity index (χ3v) is 6.67. The molecule has 1 aromatic carbocycles. The first kappa shape index (κ1) is 29.5. The number of Topliss-reactive ketones (excluding diaryl/α,β-unsaturated/α-hetero) is 1. The molecule has 2 aliphatic rings. The van der Waals surface area contributed by atoms with Crippen molar-refractivity contribution >= 4 is 23.8 Å². The number of phenolic OH excluding ortho intramolecular Hbond substituents is 1. The third-order valence-electron chi connectivity index (χ3n) is 6.67. The molecular weight excluding hydrogens is 500 g/mol. The molecule has 1 aliphatic heterocycles. The van der Waals surface area contributed by atoms with Crippen LogP contribution in [0.5, 0.6) is 5.75 Å². The largest absolute Gasteiger partial charge is 0.508 e. The van der Waals surface area contributed by atoms with Crippen molar-refractivity contribution in [2.24, 2.45) is 11.8 Å². The molecular formula is C27H34O11. The van der Waals surface area contributed by atoms with E-state index in [0.29, 0.717) is 31.2 Å². The van der Waals surface area contributed by atoms with E-state index in [2.05, 4.69) is 0 Å². The lowest BCUT2D eigenvalue weighted by Crippen LogP contribution is -2.59. The molecule has 2 fully saturated rings. The number of carbonyl (C=O) groups excluding carboxylic acids is 2. The van der Waals surface area contributed by atoms with E-state index in [1.807, 2.05) is 0 Å². The Balaban J connectivity index is 1.42. The zero-order valence-corrected chi connectivity index (χ0v) is 20.8. The number of aromatic hydroxyl groups is 1. The van der Waals surface area contributed by atoms with E-state index in [4.69, 9.17) is 19.3 Å². The van der Waals surface area contributed by atoms with Gasteiger partial charge in [-0.3, -0.25) is 9.59 Å². The molecule has 5 N–H and O–H groups in total. The van der Waals surface area contributed by atoms with Crippen LogP contribution in [0.4, 0.5) is 0 Å². The molecule has 0 amide bonds. The van der Waals surface area contributed by atoms with E-state index in [1.54, 1.807) is 24.3 Å². The van der Waals surface area contributed by atoms with Gasteiger partial charge in [0, 0.05) is 24.8 Å². The fourth-order valence-corrected chi connectivity index (χ4v) is 4.54. The summed E-state index contributed by atoms with van der Waals surface area (Å²) in [6, 6.07) is 6.14. The number of carboxylic acid groups (broad SMARTS) is 1. The lowest BCUT2D eigenvalue weighted by Gasteiger charge is -2.39. The minimum atomic E-state index is -1.58. The van der Waals surface area contributed by atoms with Gasteiger partial charge in [0.25, 0.3) is 0 Å². The van der Waals surface area contributed by atoms with Gasteiger partial charge in [-0.2, -0.15) is 0 Å². The van der Waals surface area contributed by atoms with Crippen LogP contribution in [0, 0.1) is 11.8 Å². The summed E-state index contributed by atoms with van der Waals surface area (Å²) in [5.74, 6) is -1.93. The molecule has 3 rings (SSSR count). The van der Waals surface area contributed by atoms with Gasteiger partial charge in [0.2, 0.25) is 0 Å². The van der Waals surface area contributed by atoms with Gasteiger partial charge in [-0.1, -0.05) is 24.3 Å². The maximum atomic E-state index is 12.0.